The molecule has 0 bridgehead atoms. The van der Waals surface area contributed by atoms with Gasteiger partial charge in [-0.3, -0.25) is 14.5 Å². The van der Waals surface area contributed by atoms with Crippen LogP contribution < -0.4 is 4.90 Å². The fourth-order valence-electron chi connectivity index (χ4n) is 5.44. The first kappa shape index (κ1) is 24.3. The van der Waals surface area contributed by atoms with Crippen LogP contribution in [-0.2, 0) is 14.3 Å². The van der Waals surface area contributed by atoms with E-state index in [1.807, 2.05) is 29.2 Å². The Morgan fingerprint density at radius 2 is 1.53 bits per heavy atom. The third kappa shape index (κ3) is 5.00. The molecular formula is C24H30F3N3O4. The summed E-state index contributed by atoms with van der Waals surface area (Å²) in [6.07, 6.45) is -0.850. The van der Waals surface area contributed by atoms with E-state index in [0.717, 1.165) is 41.8 Å². The molecule has 0 unspecified atom stereocenters. The number of amides is 3. The Labute approximate surface area is 196 Å². The summed E-state index contributed by atoms with van der Waals surface area (Å²) in [6.45, 7) is 1.40. The molecule has 3 aliphatic rings. The summed E-state index contributed by atoms with van der Waals surface area (Å²) in [5, 5.41) is 0. The minimum absolute atomic E-state index is 0.0340. The van der Waals surface area contributed by atoms with E-state index in [4.69, 9.17) is 4.74 Å². The van der Waals surface area contributed by atoms with Crippen molar-refractivity contribution in [1.29, 1.82) is 0 Å². The molecule has 2 heterocycles. The molecule has 0 radical (unpaired) electrons. The van der Waals surface area contributed by atoms with Crippen LogP contribution in [0, 0.1) is 5.92 Å². The summed E-state index contributed by atoms with van der Waals surface area (Å²) in [6, 6.07) is 7.73. The number of ether oxygens (including phenoxy) is 1. The standard InChI is InChI=1S/C24H30F3N3O4/c1-34-21(31)18-4-8-20(9-5-18)30-15-14-29(23(30)33)19-6-2-16(3-7-19)17-10-12-28(13-11-17)22(32)24(25,26)27/h2-3,6-7,17-18,20H,4-5,8-15H2,1H3. The molecule has 34 heavy (non-hydrogen) atoms. The molecule has 0 spiro atoms. The molecule has 7 nitrogen and oxygen atoms in total. The fourth-order valence-corrected chi connectivity index (χ4v) is 5.44. The van der Waals surface area contributed by atoms with Crippen LogP contribution in [0.2, 0.25) is 0 Å². The molecule has 1 aromatic carbocycles. The van der Waals surface area contributed by atoms with Crippen molar-refractivity contribution in [2.24, 2.45) is 5.92 Å². The van der Waals surface area contributed by atoms with Gasteiger partial charge in [0.15, 0.2) is 0 Å². The van der Waals surface area contributed by atoms with Crippen LogP contribution in [-0.4, -0.2) is 73.2 Å². The zero-order valence-corrected chi connectivity index (χ0v) is 19.2. The van der Waals surface area contributed by atoms with E-state index in [9.17, 15) is 27.6 Å². The lowest BCUT2D eigenvalue weighted by Gasteiger charge is -2.33. The second-order valence-corrected chi connectivity index (χ2v) is 9.31. The quantitative estimate of drug-likeness (QED) is 0.611. The predicted molar refractivity (Wildman–Crippen MR) is 118 cm³/mol. The van der Waals surface area contributed by atoms with Crippen molar-refractivity contribution in [2.75, 3.05) is 38.2 Å². The van der Waals surface area contributed by atoms with Gasteiger partial charge < -0.3 is 14.5 Å². The van der Waals surface area contributed by atoms with Crippen molar-refractivity contribution >= 4 is 23.6 Å². The SMILES string of the molecule is COC(=O)C1CCC(N2CCN(c3ccc(C4CCN(C(=O)C(F)(F)F)CC4)cc3)C2=O)CC1. The number of hydrogen-bond acceptors (Lipinski definition) is 4. The second kappa shape index (κ2) is 9.84. The number of alkyl halides is 3. The molecule has 10 heteroatoms. The number of carbonyl (C=O) groups is 3. The highest BCUT2D eigenvalue weighted by atomic mass is 19.4. The van der Waals surface area contributed by atoms with Crippen molar-refractivity contribution in [3.05, 3.63) is 29.8 Å². The van der Waals surface area contributed by atoms with Gasteiger partial charge in [-0.2, -0.15) is 13.2 Å². The minimum Gasteiger partial charge on any atom is -0.469 e. The topological polar surface area (TPSA) is 70.2 Å². The summed E-state index contributed by atoms with van der Waals surface area (Å²) < 4.78 is 42.8. The Balaban J connectivity index is 1.31. The van der Waals surface area contributed by atoms with E-state index in [0.29, 0.717) is 25.9 Å². The molecule has 186 valence electrons. The lowest BCUT2D eigenvalue weighted by atomic mass is 9.85. The molecule has 3 fully saturated rings. The third-order valence-corrected chi connectivity index (χ3v) is 7.41. The number of benzene rings is 1. The molecular weight excluding hydrogens is 451 g/mol. The van der Waals surface area contributed by atoms with Crippen molar-refractivity contribution in [3.8, 4) is 0 Å². The summed E-state index contributed by atoms with van der Waals surface area (Å²) in [4.78, 5) is 40.8. The summed E-state index contributed by atoms with van der Waals surface area (Å²) in [7, 11) is 1.40. The van der Waals surface area contributed by atoms with Gasteiger partial charge in [0.1, 0.15) is 0 Å². The third-order valence-electron chi connectivity index (χ3n) is 7.41. The number of hydrogen-bond donors (Lipinski definition) is 0. The van der Waals surface area contributed by atoms with E-state index in [1.165, 1.54) is 7.11 Å². The number of rotatable bonds is 4. The maximum atomic E-state index is 13.1. The highest BCUT2D eigenvalue weighted by Gasteiger charge is 2.43. The van der Waals surface area contributed by atoms with Crippen molar-refractivity contribution < 1.29 is 32.3 Å². The van der Waals surface area contributed by atoms with Gasteiger partial charge in [-0.15, -0.1) is 0 Å². The maximum absolute atomic E-state index is 13.1. The summed E-state index contributed by atoms with van der Waals surface area (Å²) >= 11 is 0. The van der Waals surface area contributed by atoms with Gasteiger partial charge in [0.25, 0.3) is 0 Å². The molecule has 1 aromatic rings. The van der Waals surface area contributed by atoms with Gasteiger partial charge in [-0.25, -0.2) is 4.79 Å². The van der Waals surface area contributed by atoms with E-state index >= 15 is 0 Å². The van der Waals surface area contributed by atoms with Gasteiger partial charge >= 0.3 is 24.1 Å². The highest BCUT2D eigenvalue weighted by Crippen LogP contribution is 2.34. The van der Waals surface area contributed by atoms with Gasteiger partial charge in [0.2, 0.25) is 0 Å². The van der Waals surface area contributed by atoms with Crippen molar-refractivity contribution in [3.63, 3.8) is 0 Å². The zero-order valence-electron chi connectivity index (χ0n) is 19.2. The van der Waals surface area contributed by atoms with E-state index < -0.39 is 12.1 Å². The van der Waals surface area contributed by atoms with Crippen molar-refractivity contribution in [2.45, 2.75) is 56.7 Å². The maximum Gasteiger partial charge on any atom is 0.471 e. The second-order valence-electron chi connectivity index (χ2n) is 9.31. The van der Waals surface area contributed by atoms with Crippen molar-refractivity contribution in [1.82, 2.24) is 9.80 Å². The number of piperidine rings is 1. The lowest BCUT2D eigenvalue weighted by molar-refractivity contribution is -0.186. The number of methoxy groups -OCH3 is 1. The Kier molecular flexibility index (Phi) is 7.04. The van der Waals surface area contributed by atoms with E-state index in [2.05, 4.69) is 0 Å². The van der Waals surface area contributed by atoms with Crippen LogP contribution in [0.3, 0.4) is 0 Å². The van der Waals surface area contributed by atoms with Crippen LogP contribution >= 0.6 is 0 Å². The number of carbonyl (C=O) groups excluding carboxylic acids is 3. The molecule has 2 saturated heterocycles. The first-order chi connectivity index (χ1) is 16.2. The molecule has 3 amide bonds. The smallest absolute Gasteiger partial charge is 0.469 e. The van der Waals surface area contributed by atoms with Crippen LogP contribution in [0.15, 0.2) is 24.3 Å². The molecule has 0 atom stereocenters. The van der Waals surface area contributed by atoms with E-state index in [1.54, 1.807) is 4.90 Å². The van der Waals surface area contributed by atoms with Crippen LogP contribution in [0.1, 0.15) is 50.0 Å². The van der Waals surface area contributed by atoms with Gasteiger partial charge in [0, 0.05) is 37.9 Å². The highest BCUT2D eigenvalue weighted by molar-refractivity contribution is 5.94. The van der Waals surface area contributed by atoms with Crippen LogP contribution in [0.4, 0.5) is 23.7 Å². The number of urea groups is 1. The molecule has 4 rings (SSSR count). The zero-order chi connectivity index (χ0) is 24.5. The van der Waals surface area contributed by atoms with Gasteiger partial charge in [0.05, 0.1) is 13.0 Å². The van der Waals surface area contributed by atoms with Gasteiger partial charge in [-0.05, 0) is 62.1 Å². The normalized spacial score (nSPS) is 24.5. The largest absolute Gasteiger partial charge is 0.471 e. The Morgan fingerprint density at radius 3 is 2.09 bits per heavy atom. The van der Waals surface area contributed by atoms with Crippen LogP contribution in [0.25, 0.3) is 0 Å². The summed E-state index contributed by atoms with van der Waals surface area (Å²) in [5.41, 5.74) is 1.80. The predicted octanol–water partition coefficient (Wildman–Crippen LogP) is 3.93. The monoisotopic (exact) mass is 481 g/mol. The Morgan fingerprint density at radius 1 is 0.912 bits per heavy atom. The number of halogens is 3. The number of esters is 1. The molecule has 0 aromatic heterocycles. The average molecular weight is 482 g/mol. The molecule has 0 N–H and O–H groups in total. The molecule has 1 saturated carbocycles. The fraction of sp³-hybridized carbons (Fsp3) is 0.625. The number of anilines is 1. The number of likely N-dealkylation sites (tertiary alicyclic amines) is 1. The Hall–Kier alpha value is -2.78. The van der Waals surface area contributed by atoms with E-state index in [-0.39, 0.29) is 43.0 Å². The first-order valence-corrected chi connectivity index (χ1v) is 11.8. The van der Waals surface area contributed by atoms with Crippen LogP contribution in [0.5, 0.6) is 0 Å². The Bertz CT molecular complexity index is 905. The molecule has 1 aliphatic carbocycles. The lowest BCUT2D eigenvalue weighted by Crippen LogP contribution is -2.45. The molecule has 2 aliphatic heterocycles. The number of nitrogens with zero attached hydrogens (tertiary/aromatic N) is 3. The minimum atomic E-state index is -4.83. The van der Waals surface area contributed by atoms with Gasteiger partial charge in [-0.1, -0.05) is 12.1 Å². The first-order valence-electron chi connectivity index (χ1n) is 11.8. The summed E-state index contributed by atoms with van der Waals surface area (Å²) in [5.74, 6) is -1.94. The average Bonchev–Trinajstić information content (AvgIpc) is 3.24.